The zero-order chi connectivity index (χ0) is 10.6. The van der Waals surface area contributed by atoms with E-state index in [1.54, 1.807) is 0 Å². The molecule has 1 rings (SSSR count). The molecule has 14 heavy (non-hydrogen) atoms. The fourth-order valence-electron chi connectivity index (χ4n) is 0.943. The average molecular weight is 215 g/mol. The summed E-state index contributed by atoms with van der Waals surface area (Å²) in [6, 6.07) is 4.33. The van der Waals surface area contributed by atoms with Crippen LogP contribution in [0.15, 0.2) is 18.2 Å². The molecule has 0 atom stereocenters. The molecule has 0 amide bonds. The maximum atomic E-state index is 11.1. The van der Waals surface area contributed by atoms with Gasteiger partial charge in [0.2, 0.25) is 0 Å². The molecular weight excluding hydrogens is 204 g/mol. The Bertz CT molecular complexity index is 336. The molecule has 0 saturated heterocycles. The molecular formula is C10H11ClO3. The van der Waals surface area contributed by atoms with Crippen molar-refractivity contribution in [2.75, 3.05) is 0 Å². The maximum absolute atomic E-state index is 11.1. The average Bonchev–Trinajstić information content (AvgIpc) is 2.12. The van der Waals surface area contributed by atoms with Crippen molar-refractivity contribution in [2.24, 2.45) is 0 Å². The Hall–Kier alpha value is -1.22. The number of ether oxygens (including phenoxy) is 1. The Morgan fingerprint density at radius 3 is 2.86 bits per heavy atom. The number of hydrogen-bond donors (Lipinski definition) is 1. The van der Waals surface area contributed by atoms with Crippen molar-refractivity contribution < 1.29 is 14.6 Å². The van der Waals surface area contributed by atoms with Gasteiger partial charge in [0.15, 0.2) is 0 Å². The highest BCUT2D eigenvalue weighted by atomic mass is 35.5. The molecule has 0 saturated carbocycles. The van der Waals surface area contributed by atoms with E-state index in [0.717, 1.165) is 6.42 Å². The Balaban J connectivity index is 2.68. The molecule has 1 N–H and O–H groups in total. The normalized spacial score (nSPS) is 9.86. The van der Waals surface area contributed by atoms with Crippen molar-refractivity contribution in [3.05, 3.63) is 23.2 Å². The molecule has 0 aliphatic heterocycles. The first-order valence-corrected chi connectivity index (χ1v) is 4.70. The monoisotopic (exact) mass is 214 g/mol. The van der Waals surface area contributed by atoms with Gasteiger partial charge in [-0.1, -0.05) is 18.5 Å². The van der Waals surface area contributed by atoms with Gasteiger partial charge in [0, 0.05) is 12.5 Å². The van der Waals surface area contributed by atoms with Crippen molar-refractivity contribution in [1.29, 1.82) is 0 Å². The lowest BCUT2D eigenvalue weighted by atomic mass is 10.3. The Morgan fingerprint density at radius 2 is 2.29 bits per heavy atom. The van der Waals surface area contributed by atoms with Gasteiger partial charge in [-0.25, -0.2) is 0 Å². The molecule has 0 aromatic heterocycles. The fourth-order valence-corrected chi connectivity index (χ4v) is 1.06. The van der Waals surface area contributed by atoms with Crippen LogP contribution in [-0.2, 0) is 4.79 Å². The van der Waals surface area contributed by atoms with Crippen molar-refractivity contribution >= 4 is 17.6 Å². The molecule has 0 unspecified atom stereocenters. The van der Waals surface area contributed by atoms with Gasteiger partial charge < -0.3 is 9.84 Å². The highest BCUT2D eigenvalue weighted by molar-refractivity contribution is 6.32. The van der Waals surface area contributed by atoms with Gasteiger partial charge in [-0.3, -0.25) is 4.79 Å². The van der Waals surface area contributed by atoms with Gasteiger partial charge in [-0.2, -0.15) is 0 Å². The summed E-state index contributed by atoms with van der Waals surface area (Å²) in [5.41, 5.74) is 0. The van der Waals surface area contributed by atoms with Crippen LogP contribution in [-0.4, -0.2) is 11.1 Å². The summed E-state index contributed by atoms with van der Waals surface area (Å²) in [6.07, 6.45) is 1.10. The number of rotatable bonds is 3. The van der Waals surface area contributed by atoms with Crippen LogP contribution in [0.4, 0.5) is 0 Å². The molecule has 0 fully saturated rings. The summed E-state index contributed by atoms with van der Waals surface area (Å²) in [5.74, 6) is -0.0898. The SMILES string of the molecule is CCCC(=O)Oc1ccc(Cl)c(O)c1. The minimum Gasteiger partial charge on any atom is -0.506 e. The van der Waals surface area contributed by atoms with Crippen LogP contribution in [0.2, 0.25) is 5.02 Å². The second-order valence-electron chi connectivity index (χ2n) is 2.84. The Labute approximate surface area is 87.3 Å². The molecule has 0 aliphatic rings. The molecule has 4 heteroatoms. The lowest BCUT2D eigenvalue weighted by Crippen LogP contribution is -2.06. The third-order valence-electron chi connectivity index (χ3n) is 1.60. The third kappa shape index (κ3) is 2.92. The quantitative estimate of drug-likeness (QED) is 0.622. The van der Waals surface area contributed by atoms with Crippen LogP contribution < -0.4 is 4.74 Å². The van der Waals surface area contributed by atoms with Gasteiger partial charge in [-0.05, 0) is 18.6 Å². The summed E-state index contributed by atoms with van der Waals surface area (Å²) in [6.45, 7) is 1.89. The number of carbonyl (C=O) groups excluding carboxylic acids is 1. The van der Waals surface area contributed by atoms with Crippen LogP contribution in [0, 0.1) is 0 Å². The molecule has 76 valence electrons. The topological polar surface area (TPSA) is 46.5 Å². The van der Waals surface area contributed by atoms with Gasteiger partial charge in [-0.15, -0.1) is 0 Å². The molecule has 0 aliphatic carbocycles. The van der Waals surface area contributed by atoms with Crippen LogP contribution in [0.3, 0.4) is 0 Å². The van der Waals surface area contributed by atoms with E-state index in [9.17, 15) is 9.90 Å². The second kappa shape index (κ2) is 4.86. The van der Waals surface area contributed by atoms with Gasteiger partial charge >= 0.3 is 5.97 Å². The van der Waals surface area contributed by atoms with Crippen LogP contribution >= 0.6 is 11.6 Å². The number of carbonyl (C=O) groups is 1. The standard InChI is InChI=1S/C10H11ClO3/c1-2-3-10(13)14-7-4-5-8(11)9(12)6-7/h4-6,12H,2-3H2,1H3. The Kier molecular flexibility index (Phi) is 3.77. The zero-order valence-corrected chi connectivity index (χ0v) is 8.54. The highest BCUT2D eigenvalue weighted by Crippen LogP contribution is 2.27. The first-order valence-electron chi connectivity index (χ1n) is 4.32. The van der Waals surface area contributed by atoms with Crippen molar-refractivity contribution in [2.45, 2.75) is 19.8 Å². The number of phenols is 1. The van der Waals surface area contributed by atoms with Crippen LogP contribution in [0.1, 0.15) is 19.8 Å². The van der Waals surface area contributed by atoms with E-state index in [0.29, 0.717) is 12.2 Å². The number of aromatic hydroxyl groups is 1. The first-order chi connectivity index (χ1) is 6.63. The van der Waals surface area contributed by atoms with Crippen molar-refractivity contribution in [3.63, 3.8) is 0 Å². The minimum atomic E-state index is -0.311. The minimum absolute atomic E-state index is 0.0894. The largest absolute Gasteiger partial charge is 0.506 e. The van der Waals surface area contributed by atoms with Gasteiger partial charge in [0.1, 0.15) is 11.5 Å². The van der Waals surface area contributed by atoms with E-state index in [2.05, 4.69) is 0 Å². The van der Waals surface area contributed by atoms with E-state index < -0.39 is 0 Å². The molecule has 1 aromatic carbocycles. The number of halogens is 1. The summed E-state index contributed by atoms with van der Waals surface area (Å²) in [4.78, 5) is 11.1. The lowest BCUT2D eigenvalue weighted by Gasteiger charge is -2.04. The summed E-state index contributed by atoms with van der Waals surface area (Å²) >= 11 is 5.59. The van der Waals surface area contributed by atoms with Gasteiger partial charge in [0.25, 0.3) is 0 Å². The summed E-state index contributed by atoms with van der Waals surface area (Å²) in [5, 5.41) is 9.46. The van der Waals surface area contributed by atoms with Crippen LogP contribution in [0.5, 0.6) is 11.5 Å². The van der Waals surface area contributed by atoms with Crippen molar-refractivity contribution in [1.82, 2.24) is 0 Å². The number of phenolic OH excluding ortho intramolecular Hbond substituents is 1. The van der Waals surface area contributed by atoms with Crippen LogP contribution in [0.25, 0.3) is 0 Å². The first kappa shape index (κ1) is 10.9. The molecule has 3 nitrogen and oxygen atoms in total. The molecule has 0 heterocycles. The summed E-state index contributed by atoms with van der Waals surface area (Å²) < 4.78 is 4.93. The van der Waals surface area contributed by atoms with E-state index in [1.165, 1.54) is 18.2 Å². The molecule has 0 radical (unpaired) electrons. The third-order valence-corrected chi connectivity index (χ3v) is 1.92. The lowest BCUT2D eigenvalue weighted by molar-refractivity contribution is -0.134. The number of esters is 1. The number of hydrogen-bond acceptors (Lipinski definition) is 3. The van der Waals surface area contributed by atoms with E-state index >= 15 is 0 Å². The molecule has 0 spiro atoms. The van der Waals surface area contributed by atoms with Crippen molar-refractivity contribution in [3.8, 4) is 11.5 Å². The number of benzene rings is 1. The summed E-state index contributed by atoms with van der Waals surface area (Å²) in [7, 11) is 0. The second-order valence-corrected chi connectivity index (χ2v) is 3.24. The molecule has 0 bridgehead atoms. The predicted molar refractivity (Wildman–Crippen MR) is 53.7 cm³/mol. The highest BCUT2D eigenvalue weighted by Gasteiger charge is 2.05. The van der Waals surface area contributed by atoms with E-state index in [1.807, 2.05) is 6.92 Å². The molecule has 1 aromatic rings. The zero-order valence-electron chi connectivity index (χ0n) is 7.79. The predicted octanol–water partition coefficient (Wildman–Crippen LogP) is 2.75. The van der Waals surface area contributed by atoms with E-state index in [4.69, 9.17) is 16.3 Å². The Morgan fingerprint density at radius 1 is 1.57 bits per heavy atom. The van der Waals surface area contributed by atoms with Gasteiger partial charge in [0.05, 0.1) is 5.02 Å². The maximum Gasteiger partial charge on any atom is 0.311 e. The fraction of sp³-hybridized carbons (Fsp3) is 0.300. The smallest absolute Gasteiger partial charge is 0.311 e. The van der Waals surface area contributed by atoms with E-state index in [-0.39, 0.29) is 16.7 Å².